The summed E-state index contributed by atoms with van der Waals surface area (Å²) in [5, 5.41) is 8.84. The Hall–Kier alpha value is -1.91. The molecule has 1 N–H and O–H groups in total. The largest absolute Gasteiger partial charge is 0.494 e. The molecule has 1 aromatic rings. The second-order valence-corrected chi connectivity index (χ2v) is 3.67. The zero-order chi connectivity index (χ0) is 13.0. The van der Waals surface area contributed by atoms with Crippen molar-refractivity contribution in [3.05, 3.63) is 29.6 Å². The van der Waals surface area contributed by atoms with Crippen molar-refractivity contribution in [2.75, 3.05) is 7.11 Å². The highest BCUT2D eigenvalue weighted by atomic mass is 19.1. The molecule has 17 heavy (non-hydrogen) atoms. The van der Waals surface area contributed by atoms with E-state index in [-0.39, 0.29) is 12.2 Å². The van der Waals surface area contributed by atoms with E-state index in [1.165, 1.54) is 26.2 Å². The number of rotatable bonds is 5. The molecule has 0 amide bonds. The molecular weight excluding hydrogens is 227 g/mol. The minimum Gasteiger partial charge on any atom is -0.494 e. The Balaban J connectivity index is 2.91. The summed E-state index contributed by atoms with van der Waals surface area (Å²) in [6.07, 6.45) is -0.0222. The minimum atomic E-state index is -1.20. The molecule has 5 heteroatoms. The number of carboxylic acids is 1. The van der Waals surface area contributed by atoms with Gasteiger partial charge in [-0.1, -0.05) is 6.07 Å². The summed E-state index contributed by atoms with van der Waals surface area (Å²) in [4.78, 5) is 21.9. The van der Waals surface area contributed by atoms with Crippen molar-refractivity contribution in [2.45, 2.75) is 13.3 Å². The maximum atomic E-state index is 13.3. The molecule has 0 bridgehead atoms. The molecule has 0 spiro atoms. The fourth-order valence-electron chi connectivity index (χ4n) is 1.48. The highest BCUT2D eigenvalue weighted by Gasteiger charge is 2.23. The number of hydrogen-bond donors (Lipinski definition) is 1. The molecule has 92 valence electrons. The van der Waals surface area contributed by atoms with Crippen LogP contribution in [-0.2, 0) is 16.0 Å². The van der Waals surface area contributed by atoms with E-state index in [9.17, 15) is 14.0 Å². The highest BCUT2D eigenvalue weighted by molar-refractivity contribution is 5.97. The molecule has 0 aliphatic carbocycles. The second kappa shape index (κ2) is 5.43. The maximum absolute atomic E-state index is 13.3. The molecule has 0 fully saturated rings. The van der Waals surface area contributed by atoms with Crippen molar-refractivity contribution in [2.24, 2.45) is 5.92 Å². The van der Waals surface area contributed by atoms with Crippen LogP contribution in [0.2, 0.25) is 0 Å². The molecule has 4 nitrogen and oxygen atoms in total. The van der Waals surface area contributed by atoms with Gasteiger partial charge in [-0.25, -0.2) is 4.39 Å². The van der Waals surface area contributed by atoms with Gasteiger partial charge in [0, 0.05) is 0 Å². The van der Waals surface area contributed by atoms with Gasteiger partial charge < -0.3 is 9.84 Å². The molecule has 0 saturated carbocycles. The first-order valence-electron chi connectivity index (χ1n) is 5.01. The van der Waals surface area contributed by atoms with E-state index in [2.05, 4.69) is 0 Å². The predicted octanol–water partition coefficient (Wildman–Crippen LogP) is 1.67. The number of Topliss-reactive ketones (excluding diaryl/α,β-unsaturated/α-hetero) is 1. The van der Waals surface area contributed by atoms with E-state index in [0.29, 0.717) is 5.56 Å². The maximum Gasteiger partial charge on any atom is 0.314 e. The van der Waals surface area contributed by atoms with Crippen LogP contribution in [0.4, 0.5) is 4.39 Å². The molecule has 1 aromatic carbocycles. The highest BCUT2D eigenvalue weighted by Crippen LogP contribution is 2.20. The number of carbonyl (C=O) groups excluding carboxylic acids is 1. The van der Waals surface area contributed by atoms with E-state index in [4.69, 9.17) is 9.84 Å². The number of aliphatic carboxylic acids is 1. The number of methoxy groups -OCH3 is 1. The van der Waals surface area contributed by atoms with Crippen LogP contribution in [0, 0.1) is 11.7 Å². The standard InChI is InChI=1S/C12H13FO4/c1-7(14)9(12(15)16)5-8-3-4-11(17-2)10(13)6-8/h3-4,6,9H,5H2,1-2H3,(H,15,16). The summed E-state index contributed by atoms with van der Waals surface area (Å²) in [7, 11) is 1.34. The first-order valence-corrected chi connectivity index (χ1v) is 5.01. The van der Waals surface area contributed by atoms with Crippen molar-refractivity contribution in [1.82, 2.24) is 0 Å². The van der Waals surface area contributed by atoms with E-state index in [1.807, 2.05) is 0 Å². The third kappa shape index (κ3) is 3.27. The van der Waals surface area contributed by atoms with Crippen molar-refractivity contribution in [3.63, 3.8) is 0 Å². The number of benzene rings is 1. The molecule has 0 aliphatic rings. The van der Waals surface area contributed by atoms with Crippen molar-refractivity contribution in [1.29, 1.82) is 0 Å². The Morgan fingerprint density at radius 2 is 2.12 bits per heavy atom. The smallest absolute Gasteiger partial charge is 0.314 e. The molecule has 0 radical (unpaired) electrons. The minimum absolute atomic E-state index is 0.0222. The Bertz CT molecular complexity index is 428. The summed E-state index contributed by atoms with van der Waals surface area (Å²) in [5.74, 6) is -3.27. The zero-order valence-corrected chi connectivity index (χ0v) is 9.57. The number of carbonyl (C=O) groups is 2. The normalized spacial score (nSPS) is 11.9. The van der Waals surface area contributed by atoms with Crippen LogP contribution in [0.15, 0.2) is 18.2 Å². The van der Waals surface area contributed by atoms with Crippen molar-refractivity contribution in [3.8, 4) is 5.75 Å². The van der Waals surface area contributed by atoms with Crippen LogP contribution < -0.4 is 4.74 Å². The summed E-state index contributed by atoms with van der Waals surface area (Å²) >= 11 is 0. The lowest BCUT2D eigenvalue weighted by Gasteiger charge is -2.09. The SMILES string of the molecule is COc1ccc(CC(C(C)=O)C(=O)O)cc1F. The number of carboxylic acid groups (broad SMARTS) is 1. The molecular formula is C12H13FO4. The predicted molar refractivity (Wildman–Crippen MR) is 58.5 cm³/mol. The number of ether oxygens (including phenoxy) is 1. The van der Waals surface area contributed by atoms with Gasteiger partial charge in [-0.3, -0.25) is 9.59 Å². The van der Waals surface area contributed by atoms with E-state index in [0.717, 1.165) is 0 Å². The van der Waals surface area contributed by atoms with Crippen LogP contribution in [-0.4, -0.2) is 24.0 Å². The van der Waals surface area contributed by atoms with E-state index >= 15 is 0 Å². The van der Waals surface area contributed by atoms with Crippen LogP contribution in [0.3, 0.4) is 0 Å². The van der Waals surface area contributed by atoms with Crippen molar-refractivity contribution >= 4 is 11.8 Å². The molecule has 1 rings (SSSR count). The first kappa shape index (κ1) is 13.2. The first-order chi connectivity index (χ1) is 7.95. The zero-order valence-electron chi connectivity index (χ0n) is 9.57. The summed E-state index contributed by atoms with van der Waals surface area (Å²) in [6, 6.07) is 4.13. The lowest BCUT2D eigenvalue weighted by atomic mass is 9.96. The van der Waals surface area contributed by atoms with Crippen molar-refractivity contribution < 1.29 is 23.8 Å². The fourth-order valence-corrected chi connectivity index (χ4v) is 1.48. The molecule has 0 saturated heterocycles. The van der Waals surface area contributed by atoms with Gasteiger partial charge in [-0.05, 0) is 31.0 Å². The average molecular weight is 240 g/mol. The third-order valence-electron chi connectivity index (χ3n) is 2.44. The molecule has 0 heterocycles. The van der Waals surface area contributed by atoms with Gasteiger partial charge in [0.15, 0.2) is 11.6 Å². The average Bonchev–Trinajstić information content (AvgIpc) is 2.25. The summed E-state index contributed by atoms with van der Waals surface area (Å²) in [5.41, 5.74) is 0.450. The Labute approximate surface area is 98.0 Å². The lowest BCUT2D eigenvalue weighted by molar-refractivity contribution is -0.145. The molecule has 1 atom stereocenters. The molecule has 0 aliphatic heterocycles. The Morgan fingerprint density at radius 1 is 1.47 bits per heavy atom. The van der Waals surface area contributed by atoms with Gasteiger partial charge >= 0.3 is 5.97 Å². The Morgan fingerprint density at radius 3 is 2.53 bits per heavy atom. The van der Waals surface area contributed by atoms with Gasteiger partial charge in [0.2, 0.25) is 0 Å². The van der Waals surface area contributed by atoms with Crippen LogP contribution in [0.5, 0.6) is 5.75 Å². The van der Waals surface area contributed by atoms with Gasteiger partial charge in [-0.2, -0.15) is 0 Å². The second-order valence-electron chi connectivity index (χ2n) is 3.67. The van der Waals surface area contributed by atoms with Gasteiger partial charge in [0.05, 0.1) is 7.11 Å². The van der Waals surface area contributed by atoms with Crippen LogP contribution in [0.25, 0.3) is 0 Å². The summed E-state index contributed by atoms with van der Waals surface area (Å²) < 4.78 is 18.1. The van der Waals surface area contributed by atoms with E-state index in [1.54, 1.807) is 6.07 Å². The number of hydrogen-bond acceptors (Lipinski definition) is 3. The monoisotopic (exact) mass is 240 g/mol. The number of halogens is 1. The topological polar surface area (TPSA) is 63.6 Å². The number of ketones is 1. The van der Waals surface area contributed by atoms with Crippen LogP contribution in [0.1, 0.15) is 12.5 Å². The lowest BCUT2D eigenvalue weighted by Crippen LogP contribution is -2.23. The van der Waals surface area contributed by atoms with Gasteiger partial charge in [0.25, 0.3) is 0 Å². The van der Waals surface area contributed by atoms with Crippen LogP contribution >= 0.6 is 0 Å². The summed E-state index contributed by atoms with van der Waals surface area (Å²) in [6.45, 7) is 1.21. The van der Waals surface area contributed by atoms with E-state index < -0.39 is 23.5 Å². The quantitative estimate of drug-likeness (QED) is 0.795. The van der Waals surface area contributed by atoms with Gasteiger partial charge in [0.1, 0.15) is 11.7 Å². The van der Waals surface area contributed by atoms with Gasteiger partial charge in [-0.15, -0.1) is 0 Å². The third-order valence-corrected chi connectivity index (χ3v) is 2.44. The fraction of sp³-hybridized carbons (Fsp3) is 0.333. The molecule has 1 unspecified atom stereocenters. The Kier molecular flexibility index (Phi) is 4.20. The molecule has 0 aromatic heterocycles.